The summed E-state index contributed by atoms with van der Waals surface area (Å²) in [5.74, 6) is 0.158. The highest BCUT2D eigenvalue weighted by atomic mass is 19.4. The minimum Gasteiger partial charge on any atom is -0.393 e. The van der Waals surface area contributed by atoms with Crippen LogP contribution in [0.1, 0.15) is 50.5 Å². The minimum absolute atomic E-state index is 0.158. The number of halogens is 3. The average Bonchev–Trinajstić information content (AvgIpc) is 2.98. The molecule has 1 spiro atoms. The molecule has 154 valence electrons. The van der Waals surface area contributed by atoms with E-state index in [0.717, 1.165) is 57.6 Å². The summed E-state index contributed by atoms with van der Waals surface area (Å²) in [5.41, 5.74) is -0.589. The lowest BCUT2D eigenvalue weighted by molar-refractivity contribution is -0.139. The Labute approximate surface area is 163 Å². The van der Waals surface area contributed by atoms with Crippen LogP contribution in [-0.2, 0) is 11.0 Å². The highest BCUT2D eigenvalue weighted by Crippen LogP contribution is 2.44. The van der Waals surface area contributed by atoms with Crippen LogP contribution in [-0.4, -0.2) is 47.7 Å². The predicted molar refractivity (Wildman–Crippen MR) is 99.9 cm³/mol. The number of hydrogen-bond acceptors (Lipinski definition) is 3. The standard InChI is InChI=1S/C21H27F3N2O2/c22-21(23,24)15-3-1-4-17(13-15)25-11-2-9-20(14-25)10-12-26(19(20)28)16-5-7-18(27)8-6-16/h1,3-4,13,16,18,27H,2,5-12,14H2/t16-,18-,20-/m1/s1. The Kier molecular flexibility index (Phi) is 5.06. The summed E-state index contributed by atoms with van der Waals surface area (Å²) in [6.45, 7) is 1.88. The van der Waals surface area contributed by atoms with Gasteiger partial charge in [0.1, 0.15) is 0 Å². The van der Waals surface area contributed by atoms with Crippen LogP contribution in [0.15, 0.2) is 24.3 Å². The number of carbonyl (C=O) groups is 1. The van der Waals surface area contributed by atoms with E-state index in [9.17, 15) is 23.1 Å². The lowest BCUT2D eigenvalue weighted by Crippen LogP contribution is -2.50. The third-order valence-electron chi connectivity index (χ3n) is 6.77. The van der Waals surface area contributed by atoms with Gasteiger partial charge in [0, 0.05) is 31.4 Å². The van der Waals surface area contributed by atoms with Crippen LogP contribution in [0.25, 0.3) is 0 Å². The second-order valence-electron chi connectivity index (χ2n) is 8.56. The maximum Gasteiger partial charge on any atom is 0.416 e. The third kappa shape index (κ3) is 3.61. The molecule has 2 saturated heterocycles. The molecule has 0 radical (unpaired) electrons. The van der Waals surface area contributed by atoms with Crippen LogP contribution < -0.4 is 4.90 Å². The van der Waals surface area contributed by atoms with E-state index in [4.69, 9.17) is 0 Å². The number of aliphatic hydroxyl groups is 1. The summed E-state index contributed by atoms with van der Waals surface area (Å²) in [4.78, 5) is 17.3. The Bertz CT molecular complexity index is 731. The maximum atomic E-state index is 13.3. The molecule has 3 aliphatic rings. The maximum absolute atomic E-state index is 13.3. The number of anilines is 1. The van der Waals surface area contributed by atoms with Gasteiger partial charge in [0.25, 0.3) is 0 Å². The molecule has 1 aliphatic carbocycles. The molecule has 3 fully saturated rings. The largest absolute Gasteiger partial charge is 0.416 e. The first-order chi connectivity index (χ1) is 13.3. The first kappa shape index (κ1) is 19.6. The van der Waals surface area contributed by atoms with Crippen molar-refractivity contribution < 1.29 is 23.1 Å². The summed E-state index contributed by atoms with van der Waals surface area (Å²) < 4.78 is 39.2. The Morgan fingerprint density at radius 2 is 1.82 bits per heavy atom. The van der Waals surface area contributed by atoms with Crippen molar-refractivity contribution in [2.24, 2.45) is 5.41 Å². The molecule has 28 heavy (non-hydrogen) atoms. The number of amides is 1. The second kappa shape index (κ2) is 7.25. The first-order valence-electron chi connectivity index (χ1n) is 10.2. The highest BCUT2D eigenvalue weighted by molar-refractivity contribution is 5.86. The second-order valence-corrected chi connectivity index (χ2v) is 8.56. The fourth-order valence-electron chi connectivity index (χ4n) is 5.18. The molecule has 2 heterocycles. The number of benzene rings is 1. The summed E-state index contributed by atoms with van der Waals surface area (Å²) in [6, 6.07) is 5.62. The van der Waals surface area contributed by atoms with E-state index < -0.39 is 17.2 Å². The molecule has 4 rings (SSSR count). The Morgan fingerprint density at radius 3 is 2.54 bits per heavy atom. The molecule has 1 N–H and O–H groups in total. The Morgan fingerprint density at radius 1 is 1.07 bits per heavy atom. The Hall–Kier alpha value is -1.76. The van der Waals surface area contributed by atoms with Gasteiger partial charge in [-0.05, 0) is 63.1 Å². The van der Waals surface area contributed by atoms with Gasteiger partial charge in [-0.3, -0.25) is 4.79 Å². The van der Waals surface area contributed by atoms with Crippen molar-refractivity contribution in [2.45, 2.75) is 63.3 Å². The van der Waals surface area contributed by atoms with Crippen molar-refractivity contribution >= 4 is 11.6 Å². The van der Waals surface area contributed by atoms with E-state index in [0.29, 0.717) is 18.8 Å². The molecule has 0 aromatic heterocycles. The van der Waals surface area contributed by atoms with E-state index in [1.165, 1.54) is 12.1 Å². The van der Waals surface area contributed by atoms with Crippen molar-refractivity contribution in [1.82, 2.24) is 4.90 Å². The molecular formula is C21H27F3N2O2. The van der Waals surface area contributed by atoms with Gasteiger partial charge in [0.2, 0.25) is 5.91 Å². The number of piperidine rings is 1. The zero-order chi connectivity index (χ0) is 19.9. The molecule has 2 aliphatic heterocycles. The normalized spacial score (nSPS) is 31.6. The van der Waals surface area contributed by atoms with Crippen LogP contribution in [0.2, 0.25) is 0 Å². The fraction of sp³-hybridized carbons (Fsp3) is 0.667. The van der Waals surface area contributed by atoms with Gasteiger partial charge in [-0.15, -0.1) is 0 Å². The molecule has 4 nitrogen and oxygen atoms in total. The van der Waals surface area contributed by atoms with E-state index in [1.54, 1.807) is 6.07 Å². The van der Waals surface area contributed by atoms with Gasteiger partial charge in [0.15, 0.2) is 0 Å². The van der Waals surface area contributed by atoms with Gasteiger partial charge >= 0.3 is 6.18 Å². The lowest BCUT2D eigenvalue weighted by atomic mass is 9.78. The van der Waals surface area contributed by atoms with Crippen molar-refractivity contribution in [3.05, 3.63) is 29.8 Å². The van der Waals surface area contributed by atoms with Crippen LogP contribution in [0, 0.1) is 5.41 Å². The molecule has 1 amide bonds. The van der Waals surface area contributed by atoms with Gasteiger partial charge in [0.05, 0.1) is 17.1 Å². The van der Waals surface area contributed by atoms with Gasteiger partial charge in [-0.1, -0.05) is 6.07 Å². The summed E-state index contributed by atoms with van der Waals surface area (Å²) in [6.07, 6.45) is 0.881. The summed E-state index contributed by atoms with van der Waals surface area (Å²) in [5, 5.41) is 9.73. The van der Waals surface area contributed by atoms with Crippen LogP contribution in [0.4, 0.5) is 18.9 Å². The van der Waals surface area contributed by atoms with E-state index in [2.05, 4.69) is 0 Å². The fourth-order valence-corrected chi connectivity index (χ4v) is 5.18. The number of rotatable bonds is 2. The number of hydrogen-bond donors (Lipinski definition) is 1. The zero-order valence-corrected chi connectivity index (χ0v) is 15.9. The minimum atomic E-state index is -4.37. The van der Waals surface area contributed by atoms with E-state index in [-0.39, 0.29) is 18.1 Å². The quantitative estimate of drug-likeness (QED) is 0.826. The number of alkyl halides is 3. The molecule has 1 saturated carbocycles. The van der Waals surface area contributed by atoms with Crippen LogP contribution >= 0.6 is 0 Å². The van der Waals surface area contributed by atoms with Crippen LogP contribution in [0.5, 0.6) is 0 Å². The molecule has 7 heteroatoms. The first-order valence-corrected chi connectivity index (χ1v) is 10.2. The molecule has 0 bridgehead atoms. The number of carbonyl (C=O) groups excluding carboxylic acids is 1. The van der Waals surface area contributed by atoms with E-state index in [1.807, 2.05) is 9.80 Å². The zero-order valence-electron chi connectivity index (χ0n) is 15.9. The summed E-state index contributed by atoms with van der Waals surface area (Å²) >= 11 is 0. The summed E-state index contributed by atoms with van der Waals surface area (Å²) in [7, 11) is 0. The molecule has 1 aromatic carbocycles. The highest BCUT2D eigenvalue weighted by Gasteiger charge is 2.50. The topological polar surface area (TPSA) is 43.8 Å². The Balaban J connectivity index is 1.50. The molecule has 1 aromatic rings. The number of likely N-dealkylation sites (tertiary alicyclic amines) is 1. The van der Waals surface area contributed by atoms with Crippen molar-refractivity contribution in [3.63, 3.8) is 0 Å². The van der Waals surface area contributed by atoms with Crippen molar-refractivity contribution in [1.29, 1.82) is 0 Å². The average molecular weight is 396 g/mol. The van der Waals surface area contributed by atoms with Crippen molar-refractivity contribution in [3.8, 4) is 0 Å². The third-order valence-corrected chi connectivity index (χ3v) is 6.77. The van der Waals surface area contributed by atoms with Gasteiger partial charge in [-0.25, -0.2) is 0 Å². The van der Waals surface area contributed by atoms with Gasteiger partial charge in [-0.2, -0.15) is 13.2 Å². The van der Waals surface area contributed by atoms with E-state index >= 15 is 0 Å². The number of aliphatic hydroxyl groups excluding tert-OH is 1. The van der Waals surface area contributed by atoms with Crippen LogP contribution in [0.3, 0.4) is 0 Å². The molecule has 1 atom stereocenters. The SMILES string of the molecule is O=C1N([C@H]2CC[C@H](O)CC2)CC[C@@]12CCCN(c1cccc(C(F)(F)F)c1)C2. The lowest BCUT2D eigenvalue weighted by Gasteiger charge is -2.41. The number of nitrogens with zero attached hydrogens (tertiary/aromatic N) is 2. The van der Waals surface area contributed by atoms with Crippen molar-refractivity contribution in [2.75, 3.05) is 24.5 Å². The predicted octanol–water partition coefficient (Wildman–Crippen LogP) is 3.83. The smallest absolute Gasteiger partial charge is 0.393 e. The molecular weight excluding hydrogens is 369 g/mol. The van der Waals surface area contributed by atoms with Gasteiger partial charge < -0.3 is 14.9 Å². The molecule has 0 unspecified atom stereocenters. The monoisotopic (exact) mass is 396 g/mol.